The maximum Gasteiger partial charge on any atom is 0.306 e. The van der Waals surface area contributed by atoms with Gasteiger partial charge in [0.1, 0.15) is 5.76 Å². The van der Waals surface area contributed by atoms with Crippen molar-refractivity contribution in [2.45, 2.75) is 26.2 Å². The molecule has 0 bridgehead atoms. The fourth-order valence-electron chi connectivity index (χ4n) is 3.00. The van der Waals surface area contributed by atoms with Gasteiger partial charge in [0.25, 0.3) is 5.91 Å². The molecule has 5 heteroatoms. The summed E-state index contributed by atoms with van der Waals surface area (Å²) in [6.07, 6.45) is 1.97. The van der Waals surface area contributed by atoms with Gasteiger partial charge in [-0.25, -0.2) is 0 Å². The van der Waals surface area contributed by atoms with Crippen LogP contribution in [0, 0.1) is 5.92 Å². The number of aliphatic carboxylic acids is 1. The zero-order valence-electron chi connectivity index (χ0n) is 13.7. The Morgan fingerprint density at radius 1 is 1.12 bits per heavy atom. The second-order valence-corrected chi connectivity index (χ2v) is 6.12. The summed E-state index contributed by atoms with van der Waals surface area (Å²) < 4.78 is 5.72. The topological polar surface area (TPSA) is 70.8 Å². The van der Waals surface area contributed by atoms with Gasteiger partial charge in [-0.05, 0) is 37.0 Å². The number of carbonyl (C=O) groups is 2. The van der Waals surface area contributed by atoms with E-state index in [9.17, 15) is 9.59 Å². The van der Waals surface area contributed by atoms with Gasteiger partial charge in [0.15, 0.2) is 5.76 Å². The number of furan rings is 1. The van der Waals surface area contributed by atoms with Gasteiger partial charge in [0.05, 0.1) is 5.92 Å². The molecule has 1 N–H and O–H groups in total. The van der Waals surface area contributed by atoms with Crippen LogP contribution in [0.25, 0.3) is 11.3 Å². The Labute approximate surface area is 140 Å². The summed E-state index contributed by atoms with van der Waals surface area (Å²) in [4.78, 5) is 25.2. The van der Waals surface area contributed by atoms with E-state index in [4.69, 9.17) is 9.52 Å². The highest BCUT2D eigenvalue weighted by Gasteiger charge is 2.28. The zero-order chi connectivity index (χ0) is 17.1. The van der Waals surface area contributed by atoms with Gasteiger partial charge >= 0.3 is 5.97 Å². The number of amides is 1. The Bertz CT molecular complexity index is 724. The van der Waals surface area contributed by atoms with E-state index in [-0.39, 0.29) is 11.8 Å². The number of hydrogen-bond donors (Lipinski definition) is 1. The summed E-state index contributed by atoms with van der Waals surface area (Å²) in [6.45, 7) is 3.01. The summed E-state index contributed by atoms with van der Waals surface area (Å²) in [7, 11) is 0. The normalized spacial score (nSPS) is 15.5. The second kappa shape index (κ2) is 6.91. The van der Waals surface area contributed by atoms with Crippen LogP contribution >= 0.6 is 0 Å². The molecule has 0 spiro atoms. The summed E-state index contributed by atoms with van der Waals surface area (Å²) in [5.41, 5.74) is 2.19. The van der Waals surface area contributed by atoms with Gasteiger partial charge in [0.2, 0.25) is 0 Å². The van der Waals surface area contributed by atoms with Crippen molar-refractivity contribution >= 4 is 11.9 Å². The second-order valence-electron chi connectivity index (χ2n) is 6.12. The monoisotopic (exact) mass is 327 g/mol. The maximum absolute atomic E-state index is 12.5. The highest BCUT2D eigenvalue weighted by Crippen LogP contribution is 2.25. The van der Waals surface area contributed by atoms with E-state index in [0.717, 1.165) is 12.0 Å². The molecule has 24 heavy (non-hydrogen) atoms. The Morgan fingerprint density at radius 2 is 1.79 bits per heavy atom. The molecule has 1 amide bonds. The molecule has 5 nitrogen and oxygen atoms in total. The number of benzene rings is 1. The Hall–Kier alpha value is -2.56. The molecule has 0 radical (unpaired) electrons. The molecule has 2 aromatic rings. The van der Waals surface area contributed by atoms with Crippen molar-refractivity contribution < 1.29 is 19.1 Å². The first-order valence-corrected chi connectivity index (χ1v) is 8.29. The number of likely N-dealkylation sites (tertiary alicyclic amines) is 1. The van der Waals surface area contributed by atoms with Gasteiger partial charge in [-0.1, -0.05) is 31.2 Å². The predicted octanol–water partition coefficient (Wildman–Crippen LogP) is 3.45. The number of hydrogen-bond acceptors (Lipinski definition) is 3. The van der Waals surface area contributed by atoms with E-state index in [0.29, 0.717) is 37.5 Å². The smallest absolute Gasteiger partial charge is 0.306 e. The molecule has 1 aliphatic heterocycles. The summed E-state index contributed by atoms with van der Waals surface area (Å²) >= 11 is 0. The average molecular weight is 327 g/mol. The number of rotatable bonds is 4. The van der Waals surface area contributed by atoms with Crippen LogP contribution in [0.2, 0.25) is 0 Å². The molecule has 1 saturated heterocycles. The molecule has 0 unspecified atom stereocenters. The van der Waals surface area contributed by atoms with Crippen LogP contribution in [-0.4, -0.2) is 35.0 Å². The lowest BCUT2D eigenvalue weighted by Gasteiger charge is -2.29. The lowest BCUT2D eigenvalue weighted by Crippen LogP contribution is -2.40. The summed E-state index contributed by atoms with van der Waals surface area (Å²) in [6, 6.07) is 11.6. The molecule has 1 aromatic carbocycles. The van der Waals surface area contributed by atoms with Gasteiger partial charge in [-0.2, -0.15) is 0 Å². The molecule has 1 aromatic heterocycles. The van der Waals surface area contributed by atoms with Crippen molar-refractivity contribution in [3.05, 3.63) is 47.7 Å². The number of carboxylic acid groups (broad SMARTS) is 1. The third kappa shape index (κ3) is 3.35. The quantitative estimate of drug-likeness (QED) is 0.934. The maximum atomic E-state index is 12.5. The molecular weight excluding hydrogens is 306 g/mol. The number of nitrogens with zero attached hydrogens (tertiary/aromatic N) is 1. The minimum atomic E-state index is -0.780. The lowest BCUT2D eigenvalue weighted by atomic mass is 9.97. The first-order valence-electron chi connectivity index (χ1n) is 8.29. The Balaban J connectivity index is 1.68. The van der Waals surface area contributed by atoms with E-state index in [1.807, 2.05) is 12.1 Å². The van der Waals surface area contributed by atoms with Crippen molar-refractivity contribution in [3.63, 3.8) is 0 Å². The lowest BCUT2D eigenvalue weighted by molar-refractivity contribution is -0.143. The molecule has 1 fully saturated rings. The molecule has 0 aliphatic carbocycles. The van der Waals surface area contributed by atoms with Crippen molar-refractivity contribution in [2.24, 2.45) is 5.92 Å². The van der Waals surface area contributed by atoms with Crippen LogP contribution in [0.4, 0.5) is 0 Å². The minimum Gasteiger partial charge on any atom is -0.481 e. The fourth-order valence-corrected chi connectivity index (χ4v) is 3.00. The van der Waals surface area contributed by atoms with Crippen molar-refractivity contribution in [1.82, 2.24) is 4.90 Å². The van der Waals surface area contributed by atoms with Crippen molar-refractivity contribution in [1.29, 1.82) is 0 Å². The summed E-state index contributed by atoms with van der Waals surface area (Å²) in [5.74, 6) is -0.328. The molecule has 1 aliphatic rings. The molecule has 0 atom stereocenters. The fraction of sp³-hybridized carbons (Fsp3) is 0.368. The predicted molar refractivity (Wildman–Crippen MR) is 89.8 cm³/mol. The van der Waals surface area contributed by atoms with E-state index >= 15 is 0 Å². The van der Waals surface area contributed by atoms with E-state index in [1.54, 1.807) is 17.0 Å². The van der Waals surface area contributed by atoms with Crippen LogP contribution < -0.4 is 0 Å². The standard InChI is InChI=1S/C19H21NO4/c1-2-13-3-5-14(6-4-13)16-7-8-17(24-16)18(21)20-11-9-15(10-12-20)19(22)23/h3-8,15H,2,9-12H2,1H3,(H,22,23). The van der Waals surface area contributed by atoms with Crippen LogP contribution in [-0.2, 0) is 11.2 Å². The largest absolute Gasteiger partial charge is 0.481 e. The number of carboxylic acids is 1. The van der Waals surface area contributed by atoms with Crippen LogP contribution in [0.3, 0.4) is 0 Å². The highest BCUT2D eigenvalue weighted by atomic mass is 16.4. The third-order valence-electron chi connectivity index (χ3n) is 4.59. The number of piperidine rings is 1. The molecule has 3 rings (SSSR count). The Kier molecular flexibility index (Phi) is 4.69. The zero-order valence-corrected chi connectivity index (χ0v) is 13.7. The Morgan fingerprint density at radius 3 is 2.38 bits per heavy atom. The highest BCUT2D eigenvalue weighted by molar-refractivity contribution is 5.92. The number of carbonyl (C=O) groups excluding carboxylic acids is 1. The average Bonchev–Trinajstić information content (AvgIpc) is 3.11. The van der Waals surface area contributed by atoms with Gasteiger partial charge in [-0.15, -0.1) is 0 Å². The third-order valence-corrected chi connectivity index (χ3v) is 4.59. The first-order chi connectivity index (χ1) is 11.6. The molecular formula is C19H21NO4. The van der Waals surface area contributed by atoms with Gasteiger partial charge < -0.3 is 14.4 Å². The van der Waals surface area contributed by atoms with Gasteiger partial charge in [-0.3, -0.25) is 9.59 Å². The number of aryl methyl sites for hydroxylation is 1. The first kappa shape index (κ1) is 16.3. The van der Waals surface area contributed by atoms with Crippen molar-refractivity contribution in [2.75, 3.05) is 13.1 Å². The molecule has 0 saturated carbocycles. The van der Waals surface area contributed by atoms with E-state index in [2.05, 4.69) is 19.1 Å². The van der Waals surface area contributed by atoms with E-state index < -0.39 is 5.97 Å². The van der Waals surface area contributed by atoms with Crippen LogP contribution in [0.5, 0.6) is 0 Å². The molecule has 2 heterocycles. The molecule has 126 valence electrons. The van der Waals surface area contributed by atoms with Crippen LogP contribution in [0.15, 0.2) is 40.8 Å². The summed E-state index contributed by atoms with van der Waals surface area (Å²) in [5, 5.41) is 9.02. The van der Waals surface area contributed by atoms with Gasteiger partial charge in [0, 0.05) is 18.7 Å². The van der Waals surface area contributed by atoms with E-state index in [1.165, 1.54) is 5.56 Å². The van der Waals surface area contributed by atoms with Crippen molar-refractivity contribution in [3.8, 4) is 11.3 Å². The minimum absolute atomic E-state index is 0.171. The SMILES string of the molecule is CCc1ccc(-c2ccc(C(=O)N3CCC(C(=O)O)CC3)o2)cc1. The van der Waals surface area contributed by atoms with Crippen LogP contribution in [0.1, 0.15) is 35.9 Å².